The number of rotatable bonds is 6. The number of carbonyl (C=O) groups excluding carboxylic acids is 1. The molecule has 1 aliphatic carbocycles. The van der Waals surface area contributed by atoms with Crippen LogP contribution >= 0.6 is 0 Å². The maximum absolute atomic E-state index is 11.2. The van der Waals surface area contributed by atoms with Gasteiger partial charge in [0.05, 0.1) is 0 Å². The zero-order valence-electron chi connectivity index (χ0n) is 13.0. The van der Waals surface area contributed by atoms with Crippen molar-refractivity contribution in [3.05, 3.63) is 24.3 Å². The minimum absolute atomic E-state index is 0.0560. The molecule has 0 spiro atoms. The van der Waals surface area contributed by atoms with E-state index in [9.17, 15) is 4.79 Å². The van der Waals surface area contributed by atoms with E-state index in [4.69, 9.17) is 4.74 Å². The van der Waals surface area contributed by atoms with Gasteiger partial charge in [0.15, 0.2) is 6.61 Å². The van der Waals surface area contributed by atoms with E-state index in [1.165, 1.54) is 25.7 Å². The number of hydrogen-bond acceptors (Lipinski definition) is 3. The van der Waals surface area contributed by atoms with Crippen LogP contribution in [0.15, 0.2) is 24.3 Å². The van der Waals surface area contributed by atoms with Gasteiger partial charge >= 0.3 is 0 Å². The highest BCUT2D eigenvalue weighted by atomic mass is 16.5. The Morgan fingerprint density at radius 3 is 2.76 bits per heavy atom. The number of likely N-dealkylation sites (N-methyl/N-ethyl adjacent to an activating group) is 1. The van der Waals surface area contributed by atoms with Crippen molar-refractivity contribution in [1.82, 2.24) is 5.32 Å². The van der Waals surface area contributed by atoms with Gasteiger partial charge in [-0.25, -0.2) is 0 Å². The average molecular weight is 290 g/mol. The van der Waals surface area contributed by atoms with Crippen LogP contribution in [-0.4, -0.2) is 26.1 Å². The van der Waals surface area contributed by atoms with E-state index in [1.807, 2.05) is 24.3 Å². The molecule has 21 heavy (non-hydrogen) atoms. The van der Waals surface area contributed by atoms with Gasteiger partial charge in [-0.15, -0.1) is 0 Å². The quantitative estimate of drug-likeness (QED) is 0.846. The molecule has 0 heterocycles. The molecule has 2 N–H and O–H groups in total. The van der Waals surface area contributed by atoms with Crippen molar-refractivity contribution in [1.29, 1.82) is 0 Å². The van der Waals surface area contributed by atoms with Crippen molar-refractivity contribution in [3.8, 4) is 5.75 Å². The third-order valence-corrected chi connectivity index (χ3v) is 4.21. The molecule has 1 fully saturated rings. The molecule has 1 aromatic carbocycles. The molecule has 0 unspecified atom stereocenters. The molecule has 0 bridgehead atoms. The van der Waals surface area contributed by atoms with E-state index in [2.05, 4.69) is 17.6 Å². The molecule has 2 rings (SSSR count). The number of anilines is 1. The Balaban J connectivity index is 1.79. The predicted molar refractivity (Wildman–Crippen MR) is 85.6 cm³/mol. The molecule has 116 valence electrons. The highest BCUT2D eigenvalue weighted by Gasteiger charge is 2.17. The molecule has 1 aliphatic rings. The van der Waals surface area contributed by atoms with Crippen LogP contribution < -0.4 is 15.4 Å². The predicted octanol–water partition coefficient (Wildman–Crippen LogP) is 3.05. The lowest BCUT2D eigenvalue weighted by molar-refractivity contribution is -0.122. The number of benzene rings is 1. The van der Waals surface area contributed by atoms with Crippen LogP contribution in [0.3, 0.4) is 0 Å². The lowest BCUT2D eigenvalue weighted by atomic mass is 9.83. The molecule has 0 aromatic heterocycles. The van der Waals surface area contributed by atoms with E-state index in [0.717, 1.165) is 29.8 Å². The van der Waals surface area contributed by atoms with Crippen molar-refractivity contribution in [2.24, 2.45) is 11.8 Å². The Hall–Kier alpha value is -1.71. The summed E-state index contributed by atoms with van der Waals surface area (Å²) in [4.78, 5) is 11.2. The smallest absolute Gasteiger partial charge is 0.257 e. The Bertz CT molecular complexity index is 454. The van der Waals surface area contributed by atoms with Gasteiger partial charge in [0, 0.05) is 25.3 Å². The van der Waals surface area contributed by atoms with Crippen LogP contribution in [0.25, 0.3) is 0 Å². The van der Waals surface area contributed by atoms with Crippen molar-refractivity contribution < 1.29 is 9.53 Å². The molecule has 0 atom stereocenters. The van der Waals surface area contributed by atoms with E-state index in [1.54, 1.807) is 7.05 Å². The van der Waals surface area contributed by atoms with E-state index >= 15 is 0 Å². The van der Waals surface area contributed by atoms with Gasteiger partial charge in [0.2, 0.25) is 0 Å². The summed E-state index contributed by atoms with van der Waals surface area (Å²) in [6, 6.07) is 7.81. The SMILES string of the molecule is CNC(=O)COc1cccc(NCC2CCC(C)CC2)c1. The summed E-state index contributed by atoms with van der Waals surface area (Å²) >= 11 is 0. The van der Waals surface area contributed by atoms with Gasteiger partial charge in [0.25, 0.3) is 5.91 Å². The van der Waals surface area contributed by atoms with E-state index in [-0.39, 0.29) is 12.5 Å². The normalized spacial score (nSPS) is 21.6. The van der Waals surface area contributed by atoms with Crippen LogP contribution in [0.2, 0.25) is 0 Å². The fraction of sp³-hybridized carbons (Fsp3) is 0.588. The minimum Gasteiger partial charge on any atom is -0.484 e. The molecule has 1 aromatic rings. The Morgan fingerprint density at radius 2 is 2.05 bits per heavy atom. The number of hydrogen-bond donors (Lipinski definition) is 2. The largest absolute Gasteiger partial charge is 0.484 e. The number of amides is 1. The third-order valence-electron chi connectivity index (χ3n) is 4.21. The third kappa shape index (κ3) is 5.29. The first-order chi connectivity index (χ1) is 10.2. The Morgan fingerprint density at radius 1 is 1.29 bits per heavy atom. The van der Waals surface area contributed by atoms with Gasteiger partial charge < -0.3 is 15.4 Å². The first-order valence-corrected chi connectivity index (χ1v) is 7.84. The standard InChI is InChI=1S/C17H26N2O2/c1-13-6-8-14(9-7-13)11-19-15-4-3-5-16(10-15)21-12-17(20)18-2/h3-5,10,13-14,19H,6-9,11-12H2,1-2H3,(H,18,20). The number of nitrogens with one attached hydrogen (secondary N) is 2. The summed E-state index contributed by atoms with van der Waals surface area (Å²) in [6.45, 7) is 3.42. The van der Waals surface area contributed by atoms with Crippen molar-refractivity contribution in [2.45, 2.75) is 32.6 Å². The van der Waals surface area contributed by atoms with Crippen molar-refractivity contribution in [3.63, 3.8) is 0 Å². The second-order valence-corrected chi connectivity index (χ2v) is 6.00. The van der Waals surface area contributed by atoms with Crippen LogP contribution in [0.5, 0.6) is 5.75 Å². The minimum atomic E-state index is -0.121. The first-order valence-electron chi connectivity index (χ1n) is 7.84. The van der Waals surface area contributed by atoms with Crippen molar-refractivity contribution in [2.75, 3.05) is 25.5 Å². The molecule has 4 heteroatoms. The molecule has 0 aliphatic heterocycles. The zero-order chi connectivity index (χ0) is 15.1. The molecule has 1 amide bonds. The maximum Gasteiger partial charge on any atom is 0.257 e. The molecule has 0 saturated heterocycles. The fourth-order valence-corrected chi connectivity index (χ4v) is 2.71. The molecule has 4 nitrogen and oxygen atoms in total. The monoisotopic (exact) mass is 290 g/mol. The molecular weight excluding hydrogens is 264 g/mol. The van der Waals surface area contributed by atoms with Crippen LogP contribution in [-0.2, 0) is 4.79 Å². The van der Waals surface area contributed by atoms with E-state index < -0.39 is 0 Å². The maximum atomic E-state index is 11.2. The lowest BCUT2D eigenvalue weighted by Gasteiger charge is -2.26. The summed E-state index contributed by atoms with van der Waals surface area (Å²) in [5.74, 6) is 2.27. The first kappa shape index (κ1) is 15.7. The summed E-state index contributed by atoms with van der Waals surface area (Å²) in [6.07, 6.45) is 5.34. The summed E-state index contributed by atoms with van der Waals surface area (Å²) < 4.78 is 5.45. The van der Waals surface area contributed by atoms with Gasteiger partial charge in [-0.05, 0) is 36.8 Å². The molecular formula is C17H26N2O2. The molecule has 0 radical (unpaired) electrons. The second-order valence-electron chi connectivity index (χ2n) is 6.00. The van der Waals surface area contributed by atoms with Gasteiger partial charge in [-0.1, -0.05) is 25.8 Å². The summed E-state index contributed by atoms with van der Waals surface area (Å²) in [5.41, 5.74) is 1.06. The van der Waals surface area contributed by atoms with Gasteiger partial charge in [-0.3, -0.25) is 4.79 Å². The Kier molecular flexibility index (Phi) is 5.90. The van der Waals surface area contributed by atoms with Crippen molar-refractivity contribution >= 4 is 11.6 Å². The summed E-state index contributed by atoms with van der Waals surface area (Å²) in [7, 11) is 1.61. The Labute approximate surface area is 127 Å². The second kappa shape index (κ2) is 7.91. The van der Waals surface area contributed by atoms with E-state index in [0.29, 0.717) is 0 Å². The fourth-order valence-electron chi connectivity index (χ4n) is 2.71. The highest BCUT2D eigenvalue weighted by molar-refractivity contribution is 5.77. The zero-order valence-corrected chi connectivity index (χ0v) is 13.0. The van der Waals surface area contributed by atoms with Gasteiger partial charge in [-0.2, -0.15) is 0 Å². The lowest BCUT2D eigenvalue weighted by Crippen LogP contribution is -2.24. The highest BCUT2D eigenvalue weighted by Crippen LogP contribution is 2.28. The average Bonchev–Trinajstić information content (AvgIpc) is 2.52. The van der Waals surface area contributed by atoms with Gasteiger partial charge in [0.1, 0.15) is 5.75 Å². The van der Waals surface area contributed by atoms with Crippen LogP contribution in [0.4, 0.5) is 5.69 Å². The topological polar surface area (TPSA) is 50.4 Å². The number of ether oxygens (including phenoxy) is 1. The summed E-state index contributed by atoms with van der Waals surface area (Å²) in [5, 5.41) is 6.03. The van der Waals surface area contributed by atoms with Crippen LogP contribution in [0.1, 0.15) is 32.6 Å². The van der Waals surface area contributed by atoms with Crippen LogP contribution in [0, 0.1) is 11.8 Å². The molecule has 1 saturated carbocycles. The number of carbonyl (C=O) groups is 1.